The average molecular weight is 360 g/mol. The zero-order chi connectivity index (χ0) is 13.9. The Labute approximate surface area is 129 Å². The molecule has 2 aliphatic rings. The molecule has 0 amide bonds. The zero-order valence-corrected chi connectivity index (χ0v) is 13.6. The molecule has 0 aliphatic carbocycles. The highest BCUT2D eigenvalue weighted by Gasteiger charge is 2.19. The third-order valence-corrected chi connectivity index (χ3v) is 5.61. The Balaban J connectivity index is 1.63. The van der Waals surface area contributed by atoms with E-state index in [2.05, 4.69) is 27.3 Å². The van der Waals surface area contributed by atoms with E-state index in [0.29, 0.717) is 19.3 Å². The van der Waals surface area contributed by atoms with Gasteiger partial charge >= 0.3 is 0 Å². The van der Waals surface area contributed by atoms with Crippen LogP contribution in [0.1, 0.15) is 18.4 Å². The third-order valence-electron chi connectivity index (χ3n) is 3.64. The van der Waals surface area contributed by atoms with Crippen molar-refractivity contribution in [1.29, 1.82) is 0 Å². The first kappa shape index (κ1) is 14.4. The number of benzene rings is 1. The summed E-state index contributed by atoms with van der Waals surface area (Å²) >= 11 is 3.53. The van der Waals surface area contributed by atoms with Gasteiger partial charge in [-0.15, -0.1) is 0 Å². The number of rotatable bonds is 3. The lowest BCUT2D eigenvalue weighted by Gasteiger charge is -2.24. The third kappa shape index (κ3) is 3.35. The smallest absolute Gasteiger partial charge is 0.175 e. The number of nitrogens with one attached hydrogen (secondary N) is 1. The molecular weight excluding hydrogens is 342 g/mol. The predicted octanol–water partition coefficient (Wildman–Crippen LogP) is 2.22. The number of ether oxygens (including phenoxy) is 2. The molecule has 20 heavy (non-hydrogen) atoms. The van der Waals surface area contributed by atoms with Gasteiger partial charge in [0.1, 0.15) is 13.2 Å². The van der Waals surface area contributed by atoms with E-state index >= 15 is 0 Å². The van der Waals surface area contributed by atoms with Crippen LogP contribution in [0.5, 0.6) is 11.5 Å². The van der Waals surface area contributed by atoms with Gasteiger partial charge in [-0.2, -0.15) is 0 Å². The second kappa shape index (κ2) is 6.45. The van der Waals surface area contributed by atoms with Gasteiger partial charge in [-0.25, -0.2) is 0 Å². The van der Waals surface area contributed by atoms with E-state index in [1.807, 2.05) is 6.07 Å². The van der Waals surface area contributed by atoms with Crippen LogP contribution < -0.4 is 14.8 Å². The molecule has 1 N–H and O–H groups in total. The molecule has 0 unspecified atom stereocenters. The molecule has 0 saturated carbocycles. The molecule has 0 aromatic heterocycles. The summed E-state index contributed by atoms with van der Waals surface area (Å²) in [6.07, 6.45) is 2.00. The largest absolute Gasteiger partial charge is 0.486 e. The Morgan fingerprint density at radius 1 is 1.25 bits per heavy atom. The minimum Gasteiger partial charge on any atom is -0.486 e. The standard InChI is InChI=1S/C14H18BrNO3S/c15-12-7-10(8-13-14(12)19-4-3-18-13)9-16-11-1-5-20(17)6-2-11/h7-8,11,16H,1-6,9H2. The maximum absolute atomic E-state index is 11.3. The second-order valence-electron chi connectivity index (χ2n) is 5.11. The van der Waals surface area contributed by atoms with Crippen LogP contribution in [0, 0.1) is 0 Å². The zero-order valence-electron chi connectivity index (χ0n) is 11.2. The lowest BCUT2D eigenvalue weighted by Crippen LogP contribution is -2.35. The van der Waals surface area contributed by atoms with Crippen LogP contribution in [0.4, 0.5) is 0 Å². The molecule has 1 aromatic carbocycles. The van der Waals surface area contributed by atoms with Gasteiger partial charge in [-0.05, 0) is 46.5 Å². The van der Waals surface area contributed by atoms with E-state index in [1.54, 1.807) is 0 Å². The summed E-state index contributed by atoms with van der Waals surface area (Å²) in [4.78, 5) is 0. The molecule has 1 fully saturated rings. The summed E-state index contributed by atoms with van der Waals surface area (Å²) in [6.45, 7) is 2.00. The first-order chi connectivity index (χ1) is 9.72. The Morgan fingerprint density at radius 3 is 2.80 bits per heavy atom. The van der Waals surface area contributed by atoms with Crippen LogP contribution in [0.3, 0.4) is 0 Å². The SMILES string of the molecule is O=S1CCC(NCc2cc(Br)c3c(c2)OCCO3)CC1. The fourth-order valence-corrected chi connectivity index (χ4v) is 4.43. The molecule has 4 nitrogen and oxygen atoms in total. The predicted molar refractivity (Wildman–Crippen MR) is 82.9 cm³/mol. The molecule has 2 aliphatic heterocycles. The normalized spacial score (nSPS) is 25.4. The van der Waals surface area contributed by atoms with Gasteiger partial charge in [0.25, 0.3) is 0 Å². The molecule has 0 spiro atoms. The Kier molecular flexibility index (Phi) is 4.63. The van der Waals surface area contributed by atoms with Crippen molar-refractivity contribution in [3.8, 4) is 11.5 Å². The van der Waals surface area contributed by atoms with Gasteiger partial charge in [0.15, 0.2) is 11.5 Å². The lowest BCUT2D eigenvalue weighted by atomic mass is 10.1. The Bertz CT molecular complexity index is 513. The van der Waals surface area contributed by atoms with E-state index in [4.69, 9.17) is 9.47 Å². The summed E-state index contributed by atoms with van der Waals surface area (Å²) in [7, 11) is -0.599. The highest BCUT2D eigenvalue weighted by atomic mass is 79.9. The van der Waals surface area contributed by atoms with Gasteiger partial charge in [0.2, 0.25) is 0 Å². The van der Waals surface area contributed by atoms with Crippen molar-refractivity contribution in [2.45, 2.75) is 25.4 Å². The van der Waals surface area contributed by atoms with E-state index in [9.17, 15) is 4.21 Å². The highest BCUT2D eigenvalue weighted by molar-refractivity contribution is 9.10. The van der Waals surface area contributed by atoms with Crippen molar-refractivity contribution >= 4 is 26.7 Å². The molecule has 2 heterocycles. The number of halogens is 1. The fraction of sp³-hybridized carbons (Fsp3) is 0.571. The van der Waals surface area contributed by atoms with Crippen molar-refractivity contribution in [3.63, 3.8) is 0 Å². The average Bonchev–Trinajstić information content (AvgIpc) is 2.47. The quantitative estimate of drug-likeness (QED) is 0.898. The maximum atomic E-state index is 11.3. The molecule has 0 atom stereocenters. The van der Waals surface area contributed by atoms with Crippen molar-refractivity contribution in [2.24, 2.45) is 0 Å². The lowest BCUT2D eigenvalue weighted by molar-refractivity contribution is 0.170. The number of hydrogen-bond acceptors (Lipinski definition) is 4. The van der Waals surface area contributed by atoms with E-state index in [0.717, 1.165) is 46.9 Å². The number of fused-ring (bicyclic) bond motifs is 1. The van der Waals surface area contributed by atoms with Crippen LogP contribution in [0.15, 0.2) is 16.6 Å². The van der Waals surface area contributed by atoms with Crippen molar-refractivity contribution < 1.29 is 13.7 Å². The van der Waals surface area contributed by atoms with E-state index in [-0.39, 0.29) is 0 Å². The van der Waals surface area contributed by atoms with Crippen LogP contribution in [-0.4, -0.2) is 35.0 Å². The van der Waals surface area contributed by atoms with E-state index in [1.165, 1.54) is 5.56 Å². The monoisotopic (exact) mass is 359 g/mol. The van der Waals surface area contributed by atoms with Crippen molar-refractivity contribution in [2.75, 3.05) is 24.7 Å². The summed E-state index contributed by atoms with van der Waals surface area (Å²) in [5.74, 6) is 3.26. The van der Waals surface area contributed by atoms with Crippen LogP contribution in [0.2, 0.25) is 0 Å². The maximum Gasteiger partial charge on any atom is 0.175 e. The minimum absolute atomic E-state index is 0.472. The van der Waals surface area contributed by atoms with Crippen molar-refractivity contribution in [3.05, 3.63) is 22.2 Å². The molecule has 1 aromatic rings. The van der Waals surface area contributed by atoms with Gasteiger partial charge in [-0.3, -0.25) is 4.21 Å². The van der Waals surface area contributed by atoms with Gasteiger partial charge in [0, 0.05) is 34.9 Å². The molecular formula is C14H18BrNO3S. The van der Waals surface area contributed by atoms with Crippen LogP contribution >= 0.6 is 15.9 Å². The number of hydrogen-bond donors (Lipinski definition) is 1. The van der Waals surface area contributed by atoms with Gasteiger partial charge < -0.3 is 14.8 Å². The van der Waals surface area contributed by atoms with Gasteiger partial charge in [0.05, 0.1) is 4.47 Å². The summed E-state index contributed by atoms with van der Waals surface area (Å²) in [5, 5.41) is 3.54. The molecule has 110 valence electrons. The topological polar surface area (TPSA) is 47.6 Å². The van der Waals surface area contributed by atoms with Crippen LogP contribution in [0.25, 0.3) is 0 Å². The molecule has 6 heteroatoms. The first-order valence-electron chi connectivity index (χ1n) is 6.89. The van der Waals surface area contributed by atoms with E-state index < -0.39 is 10.8 Å². The first-order valence-corrected chi connectivity index (χ1v) is 9.17. The summed E-state index contributed by atoms with van der Waals surface area (Å²) in [6, 6.07) is 4.58. The second-order valence-corrected chi connectivity index (χ2v) is 7.66. The molecule has 1 saturated heterocycles. The molecule has 0 radical (unpaired) electrons. The summed E-state index contributed by atoms with van der Waals surface area (Å²) in [5.41, 5.74) is 1.17. The van der Waals surface area contributed by atoms with Crippen molar-refractivity contribution in [1.82, 2.24) is 5.32 Å². The minimum atomic E-state index is -0.599. The Morgan fingerprint density at radius 2 is 2.00 bits per heavy atom. The molecule has 0 bridgehead atoms. The Hall–Kier alpha value is -0.590. The highest BCUT2D eigenvalue weighted by Crippen LogP contribution is 2.38. The van der Waals surface area contributed by atoms with Crippen LogP contribution in [-0.2, 0) is 17.3 Å². The fourth-order valence-electron chi connectivity index (χ4n) is 2.53. The van der Waals surface area contributed by atoms with Gasteiger partial charge in [-0.1, -0.05) is 0 Å². The molecule has 3 rings (SSSR count). The summed E-state index contributed by atoms with van der Waals surface area (Å²) < 4.78 is 23.5.